The van der Waals surface area contributed by atoms with E-state index in [1.54, 1.807) is 36.4 Å². The zero-order valence-electron chi connectivity index (χ0n) is 20.1. The maximum atomic E-state index is 13.8. The van der Waals surface area contributed by atoms with Crippen LogP contribution < -0.4 is 4.72 Å². The van der Waals surface area contributed by atoms with Gasteiger partial charge >= 0.3 is 0 Å². The number of nitrogens with zero attached hydrogens (tertiary/aromatic N) is 1. The standard InChI is InChI=1S/C27H34N2O4S/c1-26(2)24-17-21-22(10-7-11-23(21)30)27(26,3)14-15-29(24)25(31)18-12-13-19(16-18)28-34(32,33)20-8-5-4-6-9-20/h4-11,18-19,24,28,30H,12-17H2,1-3H3/t18-,19?,24-,27+/m1/s1. The van der Waals surface area contributed by atoms with E-state index in [1.165, 1.54) is 5.56 Å². The highest BCUT2D eigenvalue weighted by Gasteiger charge is 2.57. The van der Waals surface area contributed by atoms with Crippen LogP contribution in [-0.4, -0.2) is 43.0 Å². The highest BCUT2D eigenvalue weighted by Crippen LogP contribution is 2.57. The summed E-state index contributed by atoms with van der Waals surface area (Å²) in [7, 11) is -3.60. The number of benzene rings is 2. The number of piperidine rings is 1. The summed E-state index contributed by atoms with van der Waals surface area (Å²) in [5.74, 6) is 0.254. The summed E-state index contributed by atoms with van der Waals surface area (Å²) >= 11 is 0. The van der Waals surface area contributed by atoms with Gasteiger partial charge in [0.1, 0.15) is 5.75 Å². The average Bonchev–Trinajstić information content (AvgIpc) is 3.25. The molecule has 2 bridgehead atoms. The van der Waals surface area contributed by atoms with Crippen molar-refractivity contribution in [2.24, 2.45) is 11.3 Å². The van der Waals surface area contributed by atoms with E-state index in [9.17, 15) is 18.3 Å². The van der Waals surface area contributed by atoms with Gasteiger partial charge in [0.25, 0.3) is 0 Å². The Kier molecular flexibility index (Phi) is 5.56. The van der Waals surface area contributed by atoms with Crippen LogP contribution in [0, 0.1) is 11.3 Å². The molecule has 1 unspecified atom stereocenters. The predicted molar refractivity (Wildman–Crippen MR) is 131 cm³/mol. The Hall–Kier alpha value is -2.38. The molecule has 3 aliphatic rings. The molecule has 1 amide bonds. The van der Waals surface area contributed by atoms with Crippen LogP contribution in [0.4, 0.5) is 0 Å². The van der Waals surface area contributed by atoms with Crippen LogP contribution in [0.1, 0.15) is 57.6 Å². The van der Waals surface area contributed by atoms with Crippen LogP contribution in [0.3, 0.4) is 0 Å². The van der Waals surface area contributed by atoms with Gasteiger partial charge < -0.3 is 10.0 Å². The number of carbonyl (C=O) groups is 1. The molecule has 0 radical (unpaired) electrons. The summed E-state index contributed by atoms with van der Waals surface area (Å²) in [5.41, 5.74) is 1.91. The van der Waals surface area contributed by atoms with Crippen LogP contribution in [0.25, 0.3) is 0 Å². The van der Waals surface area contributed by atoms with E-state index < -0.39 is 10.0 Å². The van der Waals surface area contributed by atoms with E-state index in [2.05, 4.69) is 31.6 Å². The first-order valence-corrected chi connectivity index (χ1v) is 13.7. The number of sulfonamides is 1. The van der Waals surface area contributed by atoms with Gasteiger partial charge in [-0.25, -0.2) is 13.1 Å². The molecule has 4 atom stereocenters. The summed E-state index contributed by atoms with van der Waals surface area (Å²) in [5, 5.41) is 10.6. The number of phenolic OH excluding ortho intramolecular Hbond substituents is 1. The third-order valence-electron chi connectivity index (χ3n) is 9.07. The fraction of sp³-hybridized carbons (Fsp3) is 0.519. The molecule has 34 heavy (non-hydrogen) atoms. The molecule has 1 saturated carbocycles. The van der Waals surface area contributed by atoms with Crippen molar-refractivity contribution in [3.05, 3.63) is 59.7 Å². The predicted octanol–water partition coefficient (Wildman–Crippen LogP) is 3.98. The van der Waals surface area contributed by atoms with E-state index >= 15 is 0 Å². The Morgan fingerprint density at radius 1 is 1.06 bits per heavy atom. The van der Waals surface area contributed by atoms with Gasteiger partial charge in [-0.05, 0) is 66.8 Å². The number of carbonyl (C=O) groups excluding carboxylic acids is 1. The normalized spacial score (nSPS) is 30.1. The highest BCUT2D eigenvalue weighted by atomic mass is 32.2. The van der Waals surface area contributed by atoms with Crippen molar-refractivity contribution >= 4 is 15.9 Å². The van der Waals surface area contributed by atoms with Gasteiger partial charge in [0, 0.05) is 30.0 Å². The second-order valence-electron chi connectivity index (χ2n) is 11.0. The molecule has 6 nitrogen and oxygen atoms in total. The molecule has 1 heterocycles. The maximum absolute atomic E-state index is 13.8. The maximum Gasteiger partial charge on any atom is 0.240 e. The fourth-order valence-corrected chi connectivity index (χ4v) is 7.93. The molecule has 1 aliphatic heterocycles. The first kappa shape index (κ1) is 23.4. The van der Waals surface area contributed by atoms with E-state index in [-0.39, 0.29) is 39.6 Å². The minimum atomic E-state index is -3.60. The first-order chi connectivity index (χ1) is 16.0. The van der Waals surface area contributed by atoms with E-state index in [0.29, 0.717) is 38.0 Å². The largest absolute Gasteiger partial charge is 0.508 e. The van der Waals surface area contributed by atoms with Gasteiger partial charge in [-0.15, -0.1) is 0 Å². The summed E-state index contributed by atoms with van der Waals surface area (Å²) in [6.45, 7) is 7.45. The van der Waals surface area contributed by atoms with Crippen molar-refractivity contribution in [1.29, 1.82) is 0 Å². The van der Waals surface area contributed by atoms with Crippen molar-refractivity contribution in [1.82, 2.24) is 9.62 Å². The fourth-order valence-electron chi connectivity index (χ4n) is 6.62. The van der Waals surface area contributed by atoms with Gasteiger partial charge in [0.15, 0.2) is 0 Å². The number of hydrogen-bond acceptors (Lipinski definition) is 4. The average molecular weight is 483 g/mol. The molecule has 2 aromatic rings. The summed E-state index contributed by atoms with van der Waals surface area (Å²) in [6.07, 6.45) is 3.35. The number of fused-ring (bicyclic) bond motifs is 4. The Bertz CT molecular complexity index is 1210. The number of aromatic hydroxyl groups is 1. The number of hydrogen-bond donors (Lipinski definition) is 2. The smallest absolute Gasteiger partial charge is 0.240 e. The Morgan fingerprint density at radius 2 is 1.79 bits per heavy atom. The number of nitrogens with one attached hydrogen (secondary N) is 1. The van der Waals surface area contributed by atoms with Crippen molar-refractivity contribution in [3.63, 3.8) is 0 Å². The lowest BCUT2D eigenvalue weighted by Gasteiger charge is -2.61. The van der Waals surface area contributed by atoms with Crippen LogP contribution >= 0.6 is 0 Å². The molecule has 182 valence electrons. The van der Waals surface area contributed by atoms with Crippen molar-refractivity contribution in [2.75, 3.05) is 6.54 Å². The second kappa shape index (κ2) is 8.09. The van der Waals surface area contributed by atoms with Gasteiger partial charge in [0.2, 0.25) is 15.9 Å². The van der Waals surface area contributed by atoms with Gasteiger partial charge in [-0.1, -0.05) is 51.1 Å². The Labute approximate surface area is 202 Å². The van der Waals surface area contributed by atoms with Crippen molar-refractivity contribution in [2.45, 2.75) is 75.3 Å². The lowest BCUT2D eigenvalue weighted by Crippen LogP contribution is -2.65. The molecule has 2 aromatic carbocycles. The number of likely N-dealkylation sites (tertiary alicyclic amines) is 1. The van der Waals surface area contributed by atoms with E-state index in [4.69, 9.17) is 0 Å². The van der Waals surface area contributed by atoms with Gasteiger partial charge in [-0.2, -0.15) is 0 Å². The lowest BCUT2D eigenvalue weighted by atomic mass is 9.51. The van der Waals surface area contributed by atoms with Crippen molar-refractivity contribution < 1.29 is 18.3 Å². The molecular weight excluding hydrogens is 448 g/mol. The van der Waals surface area contributed by atoms with Crippen LogP contribution in [-0.2, 0) is 26.7 Å². The number of rotatable bonds is 4. The molecule has 5 rings (SSSR count). The first-order valence-electron chi connectivity index (χ1n) is 12.2. The third-order valence-corrected chi connectivity index (χ3v) is 10.6. The lowest BCUT2D eigenvalue weighted by molar-refractivity contribution is -0.148. The monoisotopic (exact) mass is 482 g/mol. The zero-order chi connectivity index (χ0) is 24.3. The minimum absolute atomic E-state index is 0.000361. The van der Waals surface area contributed by atoms with Gasteiger partial charge in [-0.3, -0.25) is 4.79 Å². The SMILES string of the molecule is CC1(C)[C@H]2Cc3c(O)cccc3[C@]1(C)CCN2C(=O)[C@@H]1CCC(NS(=O)(=O)c2ccccc2)C1. The topological polar surface area (TPSA) is 86.7 Å². The molecule has 0 spiro atoms. The minimum Gasteiger partial charge on any atom is -0.508 e. The van der Waals surface area contributed by atoms with E-state index in [1.807, 2.05) is 11.0 Å². The molecular formula is C27H34N2O4S. The highest BCUT2D eigenvalue weighted by molar-refractivity contribution is 7.89. The number of phenols is 1. The number of amides is 1. The zero-order valence-corrected chi connectivity index (χ0v) is 20.9. The molecule has 2 fully saturated rings. The second-order valence-corrected chi connectivity index (χ2v) is 12.7. The summed E-state index contributed by atoms with van der Waals surface area (Å²) < 4.78 is 28.3. The third kappa shape index (κ3) is 3.55. The molecule has 0 aromatic heterocycles. The van der Waals surface area contributed by atoms with Gasteiger partial charge in [0.05, 0.1) is 4.90 Å². The summed E-state index contributed by atoms with van der Waals surface area (Å²) in [6, 6.07) is 13.9. The quantitative estimate of drug-likeness (QED) is 0.690. The van der Waals surface area contributed by atoms with Crippen LogP contribution in [0.2, 0.25) is 0 Å². The summed E-state index contributed by atoms with van der Waals surface area (Å²) in [4.78, 5) is 16.0. The van der Waals surface area contributed by atoms with E-state index in [0.717, 1.165) is 12.0 Å². The molecule has 1 saturated heterocycles. The Morgan fingerprint density at radius 3 is 2.53 bits per heavy atom. The van der Waals surface area contributed by atoms with Crippen LogP contribution in [0.15, 0.2) is 53.4 Å². The Balaban J connectivity index is 1.34. The van der Waals surface area contributed by atoms with Crippen LogP contribution in [0.5, 0.6) is 5.75 Å². The molecule has 2 aliphatic carbocycles. The van der Waals surface area contributed by atoms with Crippen molar-refractivity contribution in [3.8, 4) is 5.75 Å². The molecule has 7 heteroatoms. The molecule has 2 N–H and O–H groups in total.